The summed E-state index contributed by atoms with van der Waals surface area (Å²) in [6.45, 7) is 6.86. The molecule has 0 aromatic heterocycles. The third kappa shape index (κ3) is 5.05. The number of hydrogen-bond acceptors (Lipinski definition) is 4. The predicted octanol–water partition coefficient (Wildman–Crippen LogP) is 3.83. The van der Waals surface area contributed by atoms with Gasteiger partial charge in [0.1, 0.15) is 23.9 Å². The first-order chi connectivity index (χ1) is 12.4. The molecule has 2 aromatic carbocycles. The number of anilines is 1. The number of ether oxygens (including phenoxy) is 3. The number of nitrogens with one attached hydrogen (secondary N) is 2. The van der Waals surface area contributed by atoms with Gasteiger partial charge in [-0.2, -0.15) is 0 Å². The molecule has 0 bridgehead atoms. The van der Waals surface area contributed by atoms with Gasteiger partial charge >= 0.3 is 6.03 Å². The highest BCUT2D eigenvalue weighted by molar-refractivity contribution is 5.91. The Morgan fingerprint density at radius 3 is 2.31 bits per heavy atom. The minimum absolute atomic E-state index is 0.336. The summed E-state index contributed by atoms with van der Waals surface area (Å²) in [4.78, 5) is 12.1. The van der Waals surface area contributed by atoms with E-state index in [-0.39, 0.29) is 6.03 Å². The quantitative estimate of drug-likeness (QED) is 0.738. The summed E-state index contributed by atoms with van der Waals surface area (Å²) >= 11 is 0. The molecule has 0 fully saturated rings. The van der Waals surface area contributed by atoms with Crippen molar-refractivity contribution in [1.82, 2.24) is 5.32 Å². The lowest BCUT2D eigenvalue weighted by molar-refractivity contribution is 0.247. The molecule has 0 spiro atoms. The summed E-state index contributed by atoms with van der Waals surface area (Å²) < 4.78 is 16.2. The number of aryl methyl sites for hydroxylation is 3. The normalized spacial score (nSPS) is 10.2. The number of hydrogen-bond donors (Lipinski definition) is 2. The van der Waals surface area contributed by atoms with Gasteiger partial charge in [-0.3, -0.25) is 0 Å². The van der Waals surface area contributed by atoms with Gasteiger partial charge in [-0.15, -0.1) is 0 Å². The highest BCUT2D eigenvalue weighted by Gasteiger charge is 2.09. The molecule has 0 atom stereocenters. The van der Waals surface area contributed by atoms with Crippen molar-refractivity contribution in [2.24, 2.45) is 0 Å². The van der Waals surface area contributed by atoms with E-state index in [9.17, 15) is 4.79 Å². The van der Waals surface area contributed by atoms with Crippen molar-refractivity contribution in [3.8, 4) is 17.2 Å². The monoisotopic (exact) mass is 358 g/mol. The van der Waals surface area contributed by atoms with E-state index in [1.54, 1.807) is 32.4 Å². The Hall–Kier alpha value is -2.89. The van der Waals surface area contributed by atoms with Crippen molar-refractivity contribution < 1.29 is 19.0 Å². The SMILES string of the molecule is COc1ccc(OC)c(NC(=O)NCCOc2c(C)cc(C)cc2C)c1. The Morgan fingerprint density at radius 1 is 1.00 bits per heavy atom. The van der Waals surface area contributed by atoms with Crippen LogP contribution in [-0.4, -0.2) is 33.4 Å². The first-order valence-electron chi connectivity index (χ1n) is 8.42. The van der Waals surface area contributed by atoms with Crippen LogP contribution in [0.1, 0.15) is 16.7 Å². The van der Waals surface area contributed by atoms with E-state index in [1.165, 1.54) is 5.56 Å². The van der Waals surface area contributed by atoms with Crippen LogP contribution in [-0.2, 0) is 0 Å². The number of methoxy groups -OCH3 is 2. The lowest BCUT2D eigenvalue weighted by Gasteiger charge is -2.14. The Labute approximate surface area is 154 Å². The van der Waals surface area contributed by atoms with Crippen LogP contribution in [0, 0.1) is 20.8 Å². The molecule has 0 unspecified atom stereocenters. The van der Waals surface area contributed by atoms with Crippen LogP contribution in [0.25, 0.3) is 0 Å². The molecule has 0 heterocycles. The smallest absolute Gasteiger partial charge is 0.319 e. The number of urea groups is 1. The molecule has 26 heavy (non-hydrogen) atoms. The first-order valence-corrected chi connectivity index (χ1v) is 8.42. The van der Waals surface area contributed by atoms with Gasteiger partial charge < -0.3 is 24.8 Å². The van der Waals surface area contributed by atoms with E-state index >= 15 is 0 Å². The highest BCUT2D eigenvalue weighted by Crippen LogP contribution is 2.28. The zero-order valence-corrected chi connectivity index (χ0v) is 15.9. The van der Waals surface area contributed by atoms with E-state index in [4.69, 9.17) is 14.2 Å². The maximum absolute atomic E-state index is 12.1. The van der Waals surface area contributed by atoms with Crippen molar-refractivity contribution >= 4 is 11.7 Å². The molecule has 6 nitrogen and oxygen atoms in total. The molecule has 6 heteroatoms. The van der Waals surface area contributed by atoms with E-state index in [1.807, 2.05) is 13.8 Å². The topological polar surface area (TPSA) is 68.8 Å². The third-order valence-corrected chi connectivity index (χ3v) is 3.89. The van der Waals surface area contributed by atoms with Gasteiger partial charge in [0.05, 0.1) is 26.5 Å². The average molecular weight is 358 g/mol. The summed E-state index contributed by atoms with van der Waals surface area (Å²) in [6.07, 6.45) is 0. The summed E-state index contributed by atoms with van der Waals surface area (Å²) in [5.41, 5.74) is 3.92. The number of rotatable bonds is 7. The van der Waals surface area contributed by atoms with Crippen molar-refractivity contribution in [2.75, 3.05) is 32.7 Å². The minimum Gasteiger partial charge on any atom is -0.497 e. The fraction of sp³-hybridized carbons (Fsp3) is 0.350. The lowest BCUT2D eigenvalue weighted by atomic mass is 10.1. The van der Waals surface area contributed by atoms with Crippen LogP contribution in [0.2, 0.25) is 0 Å². The molecule has 0 saturated heterocycles. The molecule has 2 amide bonds. The summed E-state index contributed by atoms with van der Waals surface area (Å²) in [6, 6.07) is 9.03. The standard InChI is InChI=1S/C20H26N2O4/c1-13-10-14(2)19(15(3)11-13)26-9-8-21-20(23)22-17-12-16(24-4)6-7-18(17)25-5/h6-7,10-12H,8-9H2,1-5H3,(H2,21,22,23). The molecular weight excluding hydrogens is 332 g/mol. The number of benzene rings is 2. The van der Waals surface area contributed by atoms with Gasteiger partial charge in [-0.25, -0.2) is 4.79 Å². The first kappa shape index (κ1) is 19.4. The van der Waals surface area contributed by atoms with Gasteiger partial charge in [0, 0.05) is 6.07 Å². The maximum Gasteiger partial charge on any atom is 0.319 e. The van der Waals surface area contributed by atoms with Crippen LogP contribution in [0.4, 0.5) is 10.5 Å². The summed E-state index contributed by atoms with van der Waals surface area (Å²) in [5.74, 6) is 2.06. The predicted molar refractivity (Wildman–Crippen MR) is 103 cm³/mol. The third-order valence-electron chi connectivity index (χ3n) is 3.89. The lowest BCUT2D eigenvalue weighted by Crippen LogP contribution is -2.32. The van der Waals surface area contributed by atoms with Crippen LogP contribution in [0.3, 0.4) is 0 Å². The van der Waals surface area contributed by atoms with Crippen LogP contribution < -0.4 is 24.8 Å². The highest BCUT2D eigenvalue weighted by atomic mass is 16.5. The molecule has 0 saturated carbocycles. The van der Waals surface area contributed by atoms with Gasteiger partial charge in [0.2, 0.25) is 0 Å². The Kier molecular flexibility index (Phi) is 6.72. The fourth-order valence-corrected chi connectivity index (χ4v) is 2.79. The van der Waals surface area contributed by atoms with Crippen molar-refractivity contribution in [3.63, 3.8) is 0 Å². The molecule has 2 N–H and O–H groups in total. The number of carbonyl (C=O) groups excluding carboxylic acids is 1. The van der Waals surface area contributed by atoms with Crippen LogP contribution in [0.5, 0.6) is 17.2 Å². The second-order valence-electron chi connectivity index (χ2n) is 6.02. The van der Waals surface area contributed by atoms with E-state index in [0.29, 0.717) is 30.3 Å². The second-order valence-corrected chi connectivity index (χ2v) is 6.02. The molecule has 0 aliphatic carbocycles. The van der Waals surface area contributed by atoms with Crippen molar-refractivity contribution in [1.29, 1.82) is 0 Å². The summed E-state index contributed by atoms with van der Waals surface area (Å²) in [7, 11) is 3.11. The molecule has 140 valence electrons. The van der Waals surface area contributed by atoms with Crippen LogP contribution in [0.15, 0.2) is 30.3 Å². The van der Waals surface area contributed by atoms with Crippen molar-refractivity contribution in [2.45, 2.75) is 20.8 Å². The largest absolute Gasteiger partial charge is 0.497 e. The Bertz CT molecular complexity index is 751. The number of carbonyl (C=O) groups is 1. The molecular formula is C20H26N2O4. The second kappa shape index (κ2) is 8.99. The molecule has 2 aromatic rings. The molecule has 0 radical (unpaired) electrons. The van der Waals surface area contributed by atoms with Crippen LogP contribution >= 0.6 is 0 Å². The van der Waals surface area contributed by atoms with Gasteiger partial charge in [0.25, 0.3) is 0 Å². The minimum atomic E-state index is -0.336. The Morgan fingerprint density at radius 2 is 1.69 bits per heavy atom. The van der Waals surface area contributed by atoms with Crippen molar-refractivity contribution in [3.05, 3.63) is 47.0 Å². The number of amides is 2. The fourth-order valence-electron chi connectivity index (χ4n) is 2.79. The average Bonchev–Trinajstić information content (AvgIpc) is 2.60. The molecule has 0 aliphatic rings. The molecule has 0 aliphatic heterocycles. The van der Waals surface area contributed by atoms with E-state index < -0.39 is 0 Å². The zero-order valence-electron chi connectivity index (χ0n) is 15.9. The van der Waals surface area contributed by atoms with Gasteiger partial charge in [-0.05, 0) is 44.0 Å². The Balaban J connectivity index is 1.86. The molecule has 2 rings (SSSR count). The van der Waals surface area contributed by atoms with E-state index in [2.05, 4.69) is 29.7 Å². The van der Waals surface area contributed by atoms with Gasteiger partial charge in [-0.1, -0.05) is 17.7 Å². The maximum atomic E-state index is 12.1. The van der Waals surface area contributed by atoms with E-state index in [0.717, 1.165) is 16.9 Å². The zero-order chi connectivity index (χ0) is 19.1. The summed E-state index contributed by atoms with van der Waals surface area (Å²) in [5, 5.41) is 5.52. The van der Waals surface area contributed by atoms with Gasteiger partial charge in [0.15, 0.2) is 0 Å².